The number of carbonyl (C=O) groups excluding carboxylic acids is 1. The van der Waals surface area contributed by atoms with Gasteiger partial charge >= 0.3 is 0 Å². The van der Waals surface area contributed by atoms with E-state index in [2.05, 4.69) is 10.2 Å². The minimum Gasteiger partial charge on any atom is -0.507 e. The highest BCUT2D eigenvalue weighted by molar-refractivity contribution is 5.86. The van der Waals surface area contributed by atoms with Gasteiger partial charge < -0.3 is 20.1 Å². The van der Waals surface area contributed by atoms with Gasteiger partial charge in [0.25, 0.3) is 11.6 Å². The number of ether oxygens (including phenoxy) is 1. The minimum atomic E-state index is -0.978. The molecule has 2 aliphatic rings. The molecule has 0 aromatic heterocycles. The Balaban J connectivity index is 1.44. The molecule has 170 valence electrons. The molecule has 4 rings (SSSR count). The SMILES string of the molecule is Cc1c(C)c2c(c(C)c1O)CCC(C)(C(=O)NC1CCN(c3ccc([N+](=O)[O-])cc3)C1)O2. The van der Waals surface area contributed by atoms with Crippen molar-refractivity contribution < 1.29 is 19.6 Å². The van der Waals surface area contributed by atoms with Crippen LogP contribution < -0.4 is 15.0 Å². The predicted octanol–water partition coefficient (Wildman–Crippen LogP) is 3.70. The Labute approximate surface area is 187 Å². The van der Waals surface area contributed by atoms with E-state index in [4.69, 9.17) is 4.74 Å². The largest absolute Gasteiger partial charge is 0.507 e. The van der Waals surface area contributed by atoms with E-state index >= 15 is 0 Å². The van der Waals surface area contributed by atoms with Gasteiger partial charge in [-0.3, -0.25) is 14.9 Å². The predicted molar refractivity (Wildman–Crippen MR) is 122 cm³/mol. The lowest BCUT2D eigenvalue weighted by Gasteiger charge is -2.37. The molecule has 8 heteroatoms. The molecule has 0 saturated carbocycles. The third kappa shape index (κ3) is 3.74. The number of rotatable bonds is 4. The smallest absolute Gasteiger partial charge is 0.269 e. The van der Waals surface area contributed by atoms with Crippen LogP contribution in [0.1, 0.15) is 42.0 Å². The van der Waals surface area contributed by atoms with Crippen molar-refractivity contribution in [3.63, 3.8) is 0 Å². The summed E-state index contributed by atoms with van der Waals surface area (Å²) in [6.07, 6.45) is 1.99. The molecule has 1 saturated heterocycles. The number of phenols is 1. The molecule has 8 nitrogen and oxygen atoms in total. The molecule has 0 spiro atoms. The number of carbonyl (C=O) groups is 1. The summed E-state index contributed by atoms with van der Waals surface area (Å²) in [6, 6.07) is 6.46. The van der Waals surface area contributed by atoms with Crippen molar-refractivity contribution in [3.8, 4) is 11.5 Å². The van der Waals surface area contributed by atoms with Crippen LogP contribution in [0, 0.1) is 30.9 Å². The third-order valence-corrected chi connectivity index (χ3v) is 6.95. The fourth-order valence-corrected chi connectivity index (χ4v) is 4.64. The van der Waals surface area contributed by atoms with Gasteiger partial charge in [0.2, 0.25) is 0 Å². The number of nitrogens with zero attached hydrogens (tertiary/aromatic N) is 2. The average molecular weight is 440 g/mol. The summed E-state index contributed by atoms with van der Waals surface area (Å²) in [5, 5.41) is 24.4. The minimum absolute atomic E-state index is 0.0242. The molecule has 2 heterocycles. The van der Waals surface area contributed by atoms with E-state index < -0.39 is 10.5 Å². The molecule has 1 amide bonds. The highest BCUT2D eigenvalue weighted by atomic mass is 16.6. The van der Waals surface area contributed by atoms with Crippen LogP contribution in [0.15, 0.2) is 24.3 Å². The number of anilines is 1. The number of hydrogen-bond acceptors (Lipinski definition) is 6. The van der Waals surface area contributed by atoms with Gasteiger partial charge in [-0.1, -0.05) is 0 Å². The monoisotopic (exact) mass is 439 g/mol. The molecule has 2 aromatic carbocycles. The maximum Gasteiger partial charge on any atom is 0.269 e. The molecule has 2 aliphatic heterocycles. The highest BCUT2D eigenvalue weighted by Crippen LogP contribution is 2.43. The lowest BCUT2D eigenvalue weighted by atomic mass is 9.86. The van der Waals surface area contributed by atoms with Crippen molar-refractivity contribution in [3.05, 3.63) is 56.6 Å². The molecule has 2 atom stereocenters. The maximum absolute atomic E-state index is 13.2. The summed E-state index contributed by atoms with van der Waals surface area (Å²) in [6.45, 7) is 8.89. The van der Waals surface area contributed by atoms with E-state index in [1.54, 1.807) is 12.1 Å². The third-order valence-electron chi connectivity index (χ3n) is 6.95. The maximum atomic E-state index is 13.2. The summed E-state index contributed by atoms with van der Waals surface area (Å²) in [5.41, 5.74) is 3.43. The number of phenolic OH excluding ortho intramolecular Hbond substituents is 1. The summed E-state index contributed by atoms with van der Waals surface area (Å²) < 4.78 is 6.29. The summed E-state index contributed by atoms with van der Waals surface area (Å²) in [4.78, 5) is 25.8. The lowest BCUT2D eigenvalue weighted by Crippen LogP contribution is -2.54. The van der Waals surface area contributed by atoms with Crippen LogP contribution in [-0.2, 0) is 11.2 Å². The Hall–Kier alpha value is -3.29. The first-order valence-electron chi connectivity index (χ1n) is 10.9. The van der Waals surface area contributed by atoms with Crippen molar-refractivity contribution in [2.45, 2.75) is 58.6 Å². The number of aromatic hydroxyl groups is 1. The van der Waals surface area contributed by atoms with Gasteiger partial charge in [-0.15, -0.1) is 0 Å². The second-order valence-corrected chi connectivity index (χ2v) is 9.04. The topological polar surface area (TPSA) is 105 Å². The number of non-ortho nitro benzene ring substituents is 1. The van der Waals surface area contributed by atoms with Gasteiger partial charge in [0.15, 0.2) is 5.60 Å². The highest BCUT2D eigenvalue weighted by Gasteiger charge is 2.42. The van der Waals surface area contributed by atoms with Crippen LogP contribution in [0.25, 0.3) is 0 Å². The molecule has 2 N–H and O–H groups in total. The zero-order valence-electron chi connectivity index (χ0n) is 18.9. The van der Waals surface area contributed by atoms with Crippen LogP contribution in [0.5, 0.6) is 11.5 Å². The van der Waals surface area contributed by atoms with E-state index in [-0.39, 0.29) is 17.6 Å². The number of benzene rings is 2. The number of hydrogen-bond donors (Lipinski definition) is 2. The van der Waals surface area contributed by atoms with E-state index in [9.17, 15) is 20.0 Å². The van der Waals surface area contributed by atoms with Gasteiger partial charge in [0.1, 0.15) is 11.5 Å². The summed E-state index contributed by atoms with van der Waals surface area (Å²) in [5.74, 6) is 0.873. The Morgan fingerprint density at radius 3 is 2.56 bits per heavy atom. The number of nitro groups is 1. The van der Waals surface area contributed by atoms with Crippen molar-refractivity contribution in [2.24, 2.45) is 0 Å². The number of nitrogens with one attached hydrogen (secondary N) is 1. The van der Waals surface area contributed by atoms with Gasteiger partial charge in [-0.25, -0.2) is 0 Å². The number of nitro benzene ring substituents is 1. The van der Waals surface area contributed by atoms with Crippen molar-refractivity contribution in [2.75, 3.05) is 18.0 Å². The van der Waals surface area contributed by atoms with Crippen molar-refractivity contribution in [1.29, 1.82) is 0 Å². The second-order valence-electron chi connectivity index (χ2n) is 9.04. The van der Waals surface area contributed by atoms with E-state index in [0.29, 0.717) is 30.9 Å². The molecule has 32 heavy (non-hydrogen) atoms. The fraction of sp³-hybridized carbons (Fsp3) is 0.458. The van der Waals surface area contributed by atoms with Crippen LogP contribution in [-0.4, -0.2) is 40.7 Å². The van der Waals surface area contributed by atoms with Crippen LogP contribution >= 0.6 is 0 Å². The average Bonchev–Trinajstić information content (AvgIpc) is 3.24. The van der Waals surface area contributed by atoms with Crippen LogP contribution in [0.4, 0.5) is 11.4 Å². The Morgan fingerprint density at radius 2 is 1.91 bits per heavy atom. The number of fused-ring (bicyclic) bond motifs is 1. The van der Waals surface area contributed by atoms with Gasteiger partial charge in [0, 0.05) is 48.9 Å². The Morgan fingerprint density at radius 1 is 1.22 bits per heavy atom. The van der Waals surface area contributed by atoms with Crippen LogP contribution in [0.3, 0.4) is 0 Å². The van der Waals surface area contributed by atoms with Crippen molar-refractivity contribution >= 4 is 17.3 Å². The molecule has 0 aliphatic carbocycles. The molecule has 0 bridgehead atoms. The first-order valence-corrected chi connectivity index (χ1v) is 10.9. The quantitative estimate of drug-likeness (QED) is 0.556. The normalized spacial score (nSPS) is 22.2. The first-order chi connectivity index (χ1) is 15.1. The molecule has 0 radical (unpaired) electrons. The van der Waals surface area contributed by atoms with E-state index in [1.807, 2.05) is 27.7 Å². The summed E-state index contributed by atoms with van der Waals surface area (Å²) in [7, 11) is 0. The molecule has 2 unspecified atom stereocenters. The van der Waals surface area contributed by atoms with Crippen molar-refractivity contribution in [1.82, 2.24) is 5.32 Å². The fourth-order valence-electron chi connectivity index (χ4n) is 4.64. The standard InChI is InChI=1S/C24H29N3O5/c1-14-15(2)22-20(16(3)21(14)28)9-11-24(4,32-22)23(29)25-17-10-12-26(13-17)18-5-7-19(8-6-18)27(30)31/h5-8,17,28H,9-13H2,1-4H3,(H,25,29). The zero-order valence-corrected chi connectivity index (χ0v) is 18.9. The molecule has 2 aromatic rings. The second kappa shape index (κ2) is 8.00. The Bertz CT molecular complexity index is 1080. The molecular formula is C24H29N3O5. The molecule has 1 fully saturated rings. The lowest BCUT2D eigenvalue weighted by molar-refractivity contribution is -0.384. The summed E-state index contributed by atoms with van der Waals surface area (Å²) >= 11 is 0. The van der Waals surface area contributed by atoms with Gasteiger partial charge in [0.05, 0.1) is 4.92 Å². The Kier molecular flexibility index (Phi) is 5.48. The van der Waals surface area contributed by atoms with Crippen LogP contribution in [0.2, 0.25) is 0 Å². The van der Waals surface area contributed by atoms with E-state index in [1.165, 1.54) is 12.1 Å². The zero-order chi connectivity index (χ0) is 23.2. The number of amides is 1. The van der Waals surface area contributed by atoms with E-state index in [0.717, 1.165) is 40.9 Å². The van der Waals surface area contributed by atoms with Gasteiger partial charge in [-0.05, 0) is 69.4 Å². The molecular weight excluding hydrogens is 410 g/mol. The first kappa shape index (κ1) is 21.9. The van der Waals surface area contributed by atoms with Gasteiger partial charge in [-0.2, -0.15) is 0 Å².